The number of rotatable bonds is 2. The topological polar surface area (TPSA) is 90.0 Å². The third kappa shape index (κ3) is 2.25. The van der Waals surface area contributed by atoms with Gasteiger partial charge in [0, 0.05) is 0 Å². The number of aromatic nitrogens is 2. The quantitative estimate of drug-likeness (QED) is 0.791. The molecule has 6 heteroatoms. The Balaban J connectivity index is 2.32. The number of para-hydroxylation sites is 2. The summed E-state index contributed by atoms with van der Waals surface area (Å²) < 4.78 is 1.73. The third-order valence-electron chi connectivity index (χ3n) is 2.41. The van der Waals surface area contributed by atoms with E-state index < -0.39 is 11.9 Å². The summed E-state index contributed by atoms with van der Waals surface area (Å²) >= 11 is 0. The highest BCUT2D eigenvalue weighted by Gasteiger charge is 2.11. The summed E-state index contributed by atoms with van der Waals surface area (Å²) in [5.41, 5.74) is 6.55. The molecule has 0 fully saturated rings. The minimum absolute atomic E-state index is 0.0231. The number of primary amides is 1. The predicted octanol–water partition coefficient (Wildman–Crippen LogP) is 0.540. The number of nitrogens with zero attached hydrogens (tertiary/aromatic N) is 2. The molecule has 0 bridgehead atoms. The van der Waals surface area contributed by atoms with Crippen LogP contribution in [0.5, 0.6) is 0 Å². The second kappa shape index (κ2) is 4.25. The van der Waals surface area contributed by atoms with Crippen molar-refractivity contribution in [3.8, 4) is 0 Å². The Morgan fingerprint density at radius 3 is 2.82 bits per heavy atom. The van der Waals surface area contributed by atoms with Gasteiger partial charge in [-0.1, -0.05) is 12.1 Å². The second-order valence-electron chi connectivity index (χ2n) is 3.65. The summed E-state index contributed by atoms with van der Waals surface area (Å²) in [7, 11) is 0. The molecule has 0 spiro atoms. The average molecular weight is 232 g/mol. The maximum atomic E-state index is 11.5. The number of nitrogens with one attached hydrogen (secondary N) is 1. The van der Waals surface area contributed by atoms with Crippen molar-refractivity contribution >= 4 is 23.0 Å². The molecule has 6 nitrogen and oxygen atoms in total. The monoisotopic (exact) mass is 232 g/mol. The molecule has 17 heavy (non-hydrogen) atoms. The van der Waals surface area contributed by atoms with Crippen molar-refractivity contribution in [3.63, 3.8) is 0 Å². The van der Waals surface area contributed by atoms with Gasteiger partial charge < -0.3 is 10.3 Å². The van der Waals surface area contributed by atoms with Crippen LogP contribution >= 0.6 is 0 Å². The molecule has 0 atom stereocenters. The van der Waals surface area contributed by atoms with E-state index in [-0.39, 0.29) is 6.54 Å². The molecular weight excluding hydrogens is 220 g/mol. The molecule has 0 saturated heterocycles. The first-order chi connectivity index (χ1) is 8.08. The highest BCUT2D eigenvalue weighted by atomic mass is 16.2. The maximum absolute atomic E-state index is 11.5. The fourth-order valence-electron chi connectivity index (χ4n) is 1.72. The molecule has 3 amide bonds. The number of carbonyl (C=O) groups excluding carboxylic acids is 2. The van der Waals surface area contributed by atoms with Crippen LogP contribution in [0.4, 0.5) is 4.79 Å². The molecule has 0 aliphatic heterocycles. The summed E-state index contributed by atoms with van der Waals surface area (Å²) in [4.78, 5) is 26.3. The van der Waals surface area contributed by atoms with Gasteiger partial charge in [0.25, 0.3) is 0 Å². The van der Waals surface area contributed by atoms with Crippen molar-refractivity contribution < 1.29 is 9.59 Å². The summed E-state index contributed by atoms with van der Waals surface area (Å²) in [6, 6.07) is 6.63. The van der Waals surface area contributed by atoms with Crippen LogP contribution in [0.3, 0.4) is 0 Å². The van der Waals surface area contributed by atoms with Gasteiger partial charge in [-0.3, -0.25) is 10.1 Å². The zero-order valence-corrected chi connectivity index (χ0v) is 9.30. The largest absolute Gasteiger partial charge is 0.351 e. The molecule has 88 valence electrons. The first kappa shape index (κ1) is 11.1. The van der Waals surface area contributed by atoms with Gasteiger partial charge in [-0.25, -0.2) is 9.78 Å². The summed E-state index contributed by atoms with van der Waals surface area (Å²) in [6.45, 7) is 1.83. The number of benzene rings is 1. The Kier molecular flexibility index (Phi) is 2.78. The van der Waals surface area contributed by atoms with Gasteiger partial charge in [0.1, 0.15) is 12.4 Å². The van der Waals surface area contributed by atoms with E-state index in [4.69, 9.17) is 5.73 Å². The Morgan fingerprint density at radius 2 is 2.12 bits per heavy atom. The van der Waals surface area contributed by atoms with Gasteiger partial charge in [-0.15, -0.1) is 0 Å². The van der Waals surface area contributed by atoms with Crippen LogP contribution in [0.2, 0.25) is 0 Å². The standard InChI is InChI=1S/C11H12N4O2/c1-7-13-8-4-2-3-5-9(8)15(7)6-10(16)14-11(12)17/h2-5H,6H2,1H3,(H3,12,14,16,17). The zero-order chi connectivity index (χ0) is 12.4. The number of amides is 3. The van der Waals surface area contributed by atoms with E-state index in [0.29, 0.717) is 5.82 Å². The van der Waals surface area contributed by atoms with E-state index in [1.54, 1.807) is 11.5 Å². The summed E-state index contributed by atoms with van der Waals surface area (Å²) in [5.74, 6) is 0.259. The highest BCUT2D eigenvalue weighted by Crippen LogP contribution is 2.14. The van der Waals surface area contributed by atoms with Crippen LogP contribution in [0.15, 0.2) is 24.3 Å². The van der Waals surface area contributed by atoms with E-state index in [1.165, 1.54) is 0 Å². The zero-order valence-electron chi connectivity index (χ0n) is 9.30. The van der Waals surface area contributed by atoms with Gasteiger partial charge in [0.2, 0.25) is 5.91 Å². The molecule has 1 heterocycles. The van der Waals surface area contributed by atoms with E-state index in [1.807, 2.05) is 29.6 Å². The molecule has 0 saturated carbocycles. The van der Waals surface area contributed by atoms with Crippen LogP contribution in [0, 0.1) is 6.92 Å². The maximum Gasteiger partial charge on any atom is 0.318 e. The van der Waals surface area contributed by atoms with Gasteiger partial charge in [-0.05, 0) is 19.1 Å². The number of aryl methyl sites for hydroxylation is 1. The number of carbonyl (C=O) groups is 2. The van der Waals surface area contributed by atoms with Crippen LogP contribution in [-0.2, 0) is 11.3 Å². The lowest BCUT2D eigenvalue weighted by Crippen LogP contribution is -2.37. The summed E-state index contributed by atoms with van der Waals surface area (Å²) in [5, 5.41) is 2.02. The van der Waals surface area contributed by atoms with Crippen molar-refractivity contribution in [1.29, 1.82) is 0 Å². The number of nitrogens with two attached hydrogens (primary N) is 1. The Labute approximate surface area is 97.4 Å². The summed E-state index contributed by atoms with van der Waals surface area (Å²) in [6.07, 6.45) is 0. The molecule has 3 N–H and O–H groups in total. The molecule has 0 aliphatic carbocycles. The average Bonchev–Trinajstić information content (AvgIpc) is 2.55. The molecule has 0 radical (unpaired) electrons. The molecular formula is C11H12N4O2. The lowest BCUT2D eigenvalue weighted by Gasteiger charge is -2.05. The number of imidazole rings is 1. The highest BCUT2D eigenvalue weighted by molar-refractivity contribution is 5.94. The lowest BCUT2D eigenvalue weighted by atomic mass is 10.3. The number of imide groups is 1. The predicted molar refractivity (Wildman–Crippen MR) is 62.2 cm³/mol. The third-order valence-corrected chi connectivity index (χ3v) is 2.41. The molecule has 0 unspecified atom stereocenters. The Morgan fingerprint density at radius 1 is 1.41 bits per heavy atom. The molecule has 2 aromatic rings. The number of hydrogen-bond acceptors (Lipinski definition) is 3. The normalized spacial score (nSPS) is 10.4. The minimum Gasteiger partial charge on any atom is -0.351 e. The first-order valence-electron chi connectivity index (χ1n) is 5.09. The van der Waals surface area contributed by atoms with Gasteiger partial charge in [0.15, 0.2) is 0 Å². The SMILES string of the molecule is Cc1nc2ccccc2n1CC(=O)NC(N)=O. The van der Waals surface area contributed by atoms with E-state index >= 15 is 0 Å². The number of urea groups is 1. The van der Waals surface area contributed by atoms with E-state index in [2.05, 4.69) is 4.98 Å². The molecule has 2 rings (SSSR count). The Hall–Kier alpha value is -2.37. The minimum atomic E-state index is -0.850. The fourth-order valence-corrected chi connectivity index (χ4v) is 1.72. The van der Waals surface area contributed by atoms with Crippen molar-refractivity contribution in [3.05, 3.63) is 30.1 Å². The van der Waals surface area contributed by atoms with E-state index in [0.717, 1.165) is 11.0 Å². The van der Waals surface area contributed by atoms with Gasteiger partial charge in [0.05, 0.1) is 11.0 Å². The second-order valence-corrected chi connectivity index (χ2v) is 3.65. The molecule has 0 aliphatic rings. The first-order valence-corrected chi connectivity index (χ1v) is 5.09. The van der Waals surface area contributed by atoms with Crippen molar-refractivity contribution in [1.82, 2.24) is 14.9 Å². The fraction of sp³-hybridized carbons (Fsp3) is 0.182. The van der Waals surface area contributed by atoms with Gasteiger partial charge in [-0.2, -0.15) is 0 Å². The number of hydrogen-bond donors (Lipinski definition) is 2. The van der Waals surface area contributed by atoms with Crippen molar-refractivity contribution in [2.24, 2.45) is 5.73 Å². The van der Waals surface area contributed by atoms with Gasteiger partial charge >= 0.3 is 6.03 Å². The van der Waals surface area contributed by atoms with Crippen LogP contribution < -0.4 is 11.1 Å². The van der Waals surface area contributed by atoms with Crippen LogP contribution in [0.25, 0.3) is 11.0 Å². The number of fused-ring (bicyclic) bond motifs is 1. The smallest absolute Gasteiger partial charge is 0.318 e. The Bertz CT molecular complexity index is 588. The lowest BCUT2D eigenvalue weighted by molar-refractivity contribution is -0.120. The van der Waals surface area contributed by atoms with Crippen LogP contribution in [-0.4, -0.2) is 21.5 Å². The van der Waals surface area contributed by atoms with E-state index in [9.17, 15) is 9.59 Å². The van der Waals surface area contributed by atoms with Crippen molar-refractivity contribution in [2.45, 2.75) is 13.5 Å². The van der Waals surface area contributed by atoms with Crippen LogP contribution in [0.1, 0.15) is 5.82 Å². The molecule has 1 aromatic carbocycles. The van der Waals surface area contributed by atoms with Crippen molar-refractivity contribution in [2.75, 3.05) is 0 Å². The molecule has 1 aromatic heterocycles.